The van der Waals surface area contributed by atoms with Crippen LogP contribution in [0.4, 0.5) is 0 Å². The lowest BCUT2D eigenvalue weighted by Crippen LogP contribution is -2.32. The van der Waals surface area contributed by atoms with Crippen molar-refractivity contribution in [1.29, 1.82) is 0 Å². The molecule has 0 spiro atoms. The Hall–Kier alpha value is -3.15. The van der Waals surface area contributed by atoms with E-state index in [2.05, 4.69) is 15.0 Å². The largest absolute Gasteiger partial charge is 0.341 e. The zero-order valence-corrected chi connectivity index (χ0v) is 14.5. The Balaban J connectivity index is 1.79. The number of aromatic nitrogens is 3. The first kappa shape index (κ1) is 16.7. The molecule has 6 nitrogen and oxygen atoms in total. The minimum atomic E-state index is -0.362. The topological polar surface area (TPSA) is 81.8 Å². The molecule has 6 heteroatoms. The molecule has 3 aromatic rings. The van der Waals surface area contributed by atoms with Crippen LogP contribution in [-0.2, 0) is 6.54 Å². The molecule has 2 aromatic heterocycles. The predicted octanol–water partition coefficient (Wildman–Crippen LogP) is 2.65. The molecule has 25 heavy (non-hydrogen) atoms. The van der Waals surface area contributed by atoms with Gasteiger partial charge in [0.15, 0.2) is 0 Å². The van der Waals surface area contributed by atoms with Gasteiger partial charge in [-0.3, -0.25) is 9.59 Å². The average molecular weight is 336 g/mol. The van der Waals surface area contributed by atoms with Gasteiger partial charge in [0.2, 0.25) is 0 Å². The summed E-state index contributed by atoms with van der Waals surface area (Å²) in [5.41, 5.74) is 3.13. The number of carbonyl (C=O) groups excluding carboxylic acids is 1. The molecule has 128 valence electrons. The number of aryl methyl sites for hydroxylation is 2. The molecule has 0 atom stereocenters. The number of nitrogens with zero attached hydrogens (tertiary/aromatic N) is 2. The van der Waals surface area contributed by atoms with Crippen LogP contribution in [0.1, 0.15) is 27.4 Å². The molecule has 1 amide bonds. The number of benzene rings is 1. The molecular formula is C19H20N4O2. The van der Waals surface area contributed by atoms with Crippen molar-refractivity contribution >= 4 is 5.91 Å². The Morgan fingerprint density at radius 3 is 2.56 bits per heavy atom. The van der Waals surface area contributed by atoms with Crippen LogP contribution in [0.25, 0.3) is 11.3 Å². The van der Waals surface area contributed by atoms with Gasteiger partial charge in [0, 0.05) is 12.7 Å². The molecule has 0 aliphatic carbocycles. The van der Waals surface area contributed by atoms with Gasteiger partial charge in [0.25, 0.3) is 11.5 Å². The molecule has 0 aliphatic heterocycles. The van der Waals surface area contributed by atoms with Crippen molar-refractivity contribution in [2.24, 2.45) is 0 Å². The van der Waals surface area contributed by atoms with E-state index in [-0.39, 0.29) is 17.0 Å². The summed E-state index contributed by atoms with van der Waals surface area (Å²) in [6, 6.07) is 11.6. The monoisotopic (exact) mass is 336 g/mol. The van der Waals surface area contributed by atoms with Gasteiger partial charge in [-0.1, -0.05) is 30.3 Å². The Labute approximate surface area is 145 Å². The van der Waals surface area contributed by atoms with E-state index in [0.29, 0.717) is 17.9 Å². The van der Waals surface area contributed by atoms with E-state index in [4.69, 9.17) is 0 Å². The van der Waals surface area contributed by atoms with E-state index in [9.17, 15) is 9.59 Å². The maximum absolute atomic E-state index is 12.6. The highest BCUT2D eigenvalue weighted by Gasteiger charge is 2.19. The van der Waals surface area contributed by atoms with E-state index in [1.54, 1.807) is 33.2 Å². The van der Waals surface area contributed by atoms with Crippen molar-refractivity contribution in [3.63, 3.8) is 0 Å². The van der Waals surface area contributed by atoms with Crippen molar-refractivity contribution in [1.82, 2.24) is 19.9 Å². The number of carbonyl (C=O) groups is 1. The average Bonchev–Trinajstić information content (AvgIpc) is 3.03. The van der Waals surface area contributed by atoms with Gasteiger partial charge < -0.3 is 14.9 Å². The molecule has 0 fully saturated rings. The van der Waals surface area contributed by atoms with Crippen LogP contribution in [0.5, 0.6) is 0 Å². The highest BCUT2D eigenvalue weighted by Crippen LogP contribution is 2.17. The maximum atomic E-state index is 12.6. The highest BCUT2D eigenvalue weighted by molar-refractivity contribution is 5.95. The van der Waals surface area contributed by atoms with Gasteiger partial charge in [-0.15, -0.1) is 0 Å². The fourth-order valence-electron chi connectivity index (χ4n) is 2.81. The van der Waals surface area contributed by atoms with Crippen LogP contribution < -0.4 is 5.56 Å². The first-order valence-corrected chi connectivity index (χ1v) is 8.01. The van der Waals surface area contributed by atoms with Crippen molar-refractivity contribution < 1.29 is 4.79 Å². The van der Waals surface area contributed by atoms with Crippen LogP contribution in [0.2, 0.25) is 0 Å². The third-order valence-electron chi connectivity index (χ3n) is 4.03. The van der Waals surface area contributed by atoms with Crippen molar-refractivity contribution in [3.05, 3.63) is 75.6 Å². The van der Waals surface area contributed by atoms with Crippen molar-refractivity contribution in [2.75, 3.05) is 7.05 Å². The summed E-state index contributed by atoms with van der Waals surface area (Å²) in [5, 5.41) is 0. The van der Waals surface area contributed by atoms with E-state index in [1.807, 2.05) is 30.3 Å². The molecule has 0 bridgehead atoms. The third kappa shape index (κ3) is 3.52. The van der Waals surface area contributed by atoms with Gasteiger partial charge in [0.1, 0.15) is 11.4 Å². The number of hydrogen-bond acceptors (Lipinski definition) is 3. The normalized spacial score (nSPS) is 10.7. The Morgan fingerprint density at radius 1 is 1.16 bits per heavy atom. The second-order valence-electron chi connectivity index (χ2n) is 6.11. The lowest BCUT2D eigenvalue weighted by atomic mass is 10.1. The number of nitrogens with one attached hydrogen (secondary N) is 2. The lowest BCUT2D eigenvalue weighted by molar-refractivity contribution is 0.0779. The summed E-state index contributed by atoms with van der Waals surface area (Å²) >= 11 is 0. The summed E-state index contributed by atoms with van der Waals surface area (Å²) in [5.74, 6) is 0.340. The molecule has 0 saturated heterocycles. The molecule has 0 unspecified atom stereocenters. The van der Waals surface area contributed by atoms with Crippen molar-refractivity contribution in [2.45, 2.75) is 20.4 Å². The summed E-state index contributed by atoms with van der Waals surface area (Å²) < 4.78 is 0. The number of amides is 1. The Kier molecular flexibility index (Phi) is 4.52. The number of aromatic amines is 2. The molecule has 3 rings (SSSR count). The first-order chi connectivity index (χ1) is 12.0. The number of pyridine rings is 1. The number of H-pyrrole nitrogens is 2. The van der Waals surface area contributed by atoms with E-state index in [1.165, 1.54) is 4.90 Å². The number of rotatable bonds is 4. The third-order valence-corrected chi connectivity index (χ3v) is 4.03. The summed E-state index contributed by atoms with van der Waals surface area (Å²) in [7, 11) is 1.66. The SMILES string of the molecule is Cc1cc(C)c(C(=O)N(C)Cc2ncc(-c3ccccc3)[nH]2)c(=O)[nH]1. The van der Waals surface area contributed by atoms with Gasteiger partial charge in [-0.2, -0.15) is 0 Å². The van der Waals surface area contributed by atoms with Crippen LogP contribution in [0.3, 0.4) is 0 Å². The summed E-state index contributed by atoms with van der Waals surface area (Å²) in [6.07, 6.45) is 1.74. The number of hydrogen-bond donors (Lipinski definition) is 2. The molecule has 2 heterocycles. The smallest absolute Gasteiger partial charge is 0.261 e. The molecule has 1 aromatic carbocycles. The molecule has 0 radical (unpaired) electrons. The molecule has 0 aliphatic rings. The Morgan fingerprint density at radius 2 is 1.88 bits per heavy atom. The fraction of sp³-hybridized carbons (Fsp3) is 0.211. The minimum absolute atomic E-state index is 0.169. The molecule has 0 saturated carbocycles. The number of imidazole rings is 1. The zero-order chi connectivity index (χ0) is 18.0. The van der Waals surface area contributed by atoms with Crippen molar-refractivity contribution in [3.8, 4) is 11.3 Å². The van der Waals surface area contributed by atoms with E-state index in [0.717, 1.165) is 17.0 Å². The second kappa shape index (κ2) is 6.76. The van der Waals surface area contributed by atoms with Gasteiger partial charge in [-0.05, 0) is 31.0 Å². The Bertz CT molecular complexity index is 957. The zero-order valence-electron chi connectivity index (χ0n) is 14.5. The standard InChI is InChI=1S/C19H20N4O2/c1-12-9-13(2)21-18(24)17(12)19(25)23(3)11-16-20-10-15(22-16)14-7-5-4-6-8-14/h4-10H,11H2,1-3H3,(H,20,22)(H,21,24). The van der Waals surface area contributed by atoms with E-state index < -0.39 is 0 Å². The first-order valence-electron chi connectivity index (χ1n) is 8.01. The van der Waals surface area contributed by atoms with Gasteiger partial charge in [-0.25, -0.2) is 4.98 Å². The van der Waals surface area contributed by atoms with Crippen LogP contribution in [-0.4, -0.2) is 32.8 Å². The summed E-state index contributed by atoms with van der Waals surface area (Å²) in [6.45, 7) is 3.85. The maximum Gasteiger partial charge on any atom is 0.261 e. The van der Waals surface area contributed by atoms with Crippen LogP contribution in [0.15, 0.2) is 47.4 Å². The predicted molar refractivity (Wildman–Crippen MR) is 96.4 cm³/mol. The molecular weight excluding hydrogens is 316 g/mol. The van der Waals surface area contributed by atoms with Crippen LogP contribution in [0, 0.1) is 13.8 Å². The second-order valence-corrected chi connectivity index (χ2v) is 6.11. The van der Waals surface area contributed by atoms with E-state index >= 15 is 0 Å². The fourth-order valence-corrected chi connectivity index (χ4v) is 2.81. The lowest BCUT2D eigenvalue weighted by Gasteiger charge is -2.16. The quantitative estimate of drug-likeness (QED) is 0.768. The summed E-state index contributed by atoms with van der Waals surface area (Å²) in [4.78, 5) is 36.5. The van der Waals surface area contributed by atoms with Gasteiger partial charge in [0.05, 0.1) is 18.4 Å². The highest BCUT2D eigenvalue weighted by atomic mass is 16.2. The molecule has 2 N–H and O–H groups in total. The van der Waals surface area contributed by atoms with Gasteiger partial charge >= 0.3 is 0 Å². The van der Waals surface area contributed by atoms with Crippen LogP contribution >= 0.6 is 0 Å². The minimum Gasteiger partial charge on any atom is -0.341 e.